The van der Waals surface area contributed by atoms with E-state index in [9.17, 15) is 0 Å². The third-order valence-corrected chi connectivity index (χ3v) is 5.25. The van der Waals surface area contributed by atoms with Crippen LogP contribution in [0.25, 0.3) is 11.4 Å². The molecular formula is C24H23ClN4O2S. The second-order valence-electron chi connectivity index (χ2n) is 7.02. The molecule has 0 atom stereocenters. The molecule has 8 heteroatoms. The van der Waals surface area contributed by atoms with Crippen LogP contribution in [0.2, 0.25) is 5.02 Å². The van der Waals surface area contributed by atoms with Crippen molar-refractivity contribution in [1.29, 1.82) is 0 Å². The maximum Gasteiger partial charge on any atom is 0.214 e. The lowest BCUT2D eigenvalue weighted by atomic mass is 10.2. The van der Waals surface area contributed by atoms with E-state index in [1.54, 1.807) is 4.68 Å². The molecule has 0 saturated heterocycles. The average molecular weight is 467 g/mol. The highest BCUT2D eigenvalue weighted by molar-refractivity contribution is 7.71. The van der Waals surface area contributed by atoms with Gasteiger partial charge in [-0.2, -0.15) is 5.10 Å². The zero-order valence-corrected chi connectivity index (χ0v) is 19.1. The summed E-state index contributed by atoms with van der Waals surface area (Å²) >= 11 is 11.5. The Kier molecular flexibility index (Phi) is 7.09. The fourth-order valence-electron chi connectivity index (χ4n) is 3.23. The van der Waals surface area contributed by atoms with E-state index in [1.807, 2.05) is 79.7 Å². The van der Waals surface area contributed by atoms with Crippen molar-refractivity contribution in [2.24, 2.45) is 0 Å². The third-order valence-electron chi connectivity index (χ3n) is 4.74. The Labute approximate surface area is 196 Å². The van der Waals surface area contributed by atoms with Crippen LogP contribution in [0.3, 0.4) is 0 Å². The van der Waals surface area contributed by atoms with E-state index in [0.29, 0.717) is 41.1 Å². The predicted octanol–water partition coefficient (Wildman–Crippen LogP) is 5.98. The molecule has 0 fully saturated rings. The number of nitrogens with one attached hydrogen (secondary N) is 2. The first-order valence-electron chi connectivity index (χ1n) is 10.2. The SMILES string of the molecule is CCOc1cc(CNn2c(-c3ccccc3)n[nH]c2=S)ccc1OCc1cccc(Cl)c1. The fourth-order valence-corrected chi connectivity index (χ4v) is 3.64. The standard InChI is InChI=1S/C24H23ClN4O2S/c1-2-30-22-14-17(11-12-21(22)31-16-18-7-6-10-20(25)13-18)15-26-29-23(27-28-24(29)32)19-8-4-3-5-9-19/h3-14,26H,2,15-16H2,1H3,(H,28,32). The summed E-state index contributed by atoms with van der Waals surface area (Å²) in [5, 5.41) is 7.88. The lowest BCUT2D eigenvalue weighted by Crippen LogP contribution is -2.16. The molecule has 4 rings (SSSR count). The lowest BCUT2D eigenvalue weighted by molar-refractivity contribution is 0.269. The van der Waals surface area contributed by atoms with Crippen LogP contribution in [-0.2, 0) is 13.2 Å². The molecule has 0 unspecified atom stereocenters. The zero-order valence-electron chi connectivity index (χ0n) is 17.5. The molecule has 0 spiro atoms. The van der Waals surface area contributed by atoms with Gasteiger partial charge in [0, 0.05) is 10.6 Å². The van der Waals surface area contributed by atoms with Crippen molar-refractivity contribution in [2.45, 2.75) is 20.1 Å². The minimum atomic E-state index is 0.406. The van der Waals surface area contributed by atoms with E-state index < -0.39 is 0 Å². The van der Waals surface area contributed by atoms with Crippen LogP contribution < -0.4 is 14.9 Å². The molecule has 0 aliphatic rings. The fraction of sp³-hybridized carbons (Fsp3) is 0.167. The van der Waals surface area contributed by atoms with Gasteiger partial charge in [0.2, 0.25) is 4.77 Å². The molecule has 2 N–H and O–H groups in total. The molecule has 0 aliphatic heterocycles. The molecule has 32 heavy (non-hydrogen) atoms. The molecule has 0 bridgehead atoms. The number of rotatable bonds is 9. The van der Waals surface area contributed by atoms with Crippen molar-refractivity contribution in [3.05, 3.63) is 93.7 Å². The van der Waals surface area contributed by atoms with E-state index in [4.69, 9.17) is 33.3 Å². The van der Waals surface area contributed by atoms with Crippen LogP contribution in [0.5, 0.6) is 11.5 Å². The molecule has 164 valence electrons. The van der Waals surface area contributed by atoms with Crippen LogP contribution >= 0.6 is 23.8 Å². The maximum atomic E-state index is 6.06. The first-order chi connectivity index (χ1) is 15.6. The Hall–Kier alpha value is -3.29. The zero-order chi connectivity index (χ0) is 22.3. The van der Waals surface area contributed by atoms with Gasteiger partial charge in [0.15, 0.2) is 17.3 Å². The molecule has 1 heterocycles. The van der Waals surface area contributed by atoms with Crippen molar-refractivity contribution in [2.75, 3.05) is 12.0 Å². The van der Waals surface area contributed by atoms with Crippen molar-refractivity contribution in [1.82, 2.24) is 14.9 Å². The molecule has 0 amide bonds. The molecule has 3 aromatic carbocycles. The molecule has 6 nitrogen and oxygen atoms in total. The summed E-state index contributed by atoms with van der Waals surface area (Å²) in [6.07, 6.45) is 0. The van der Waals surface area contributed by atoms with Crippen LogP contribution in [-0.4, -0.2) is 21.5 Å². The second kappa shape index (κ2) is 10.3. The monoisotopic (exact) mass is 466 g/mol. The summed E-state index contributed by atoms with van der Waals surface area (Å²) in [6.45, 7) is 3.42. The number of ether oxygens (including phenoxy) is 2. The van der Waals surface area contributed by atoms with E-state index in [0.717, 1.165) is 22.5 Å². The maximum absolute atomic E-state index is 6.06. The molecular weight excluding hydrogens is 444 g/mol. The van der Waals surface area contributed by atoms with E-state index >= 15 is 0 Å². The van der Waals surface area contributed by atoms with E-state index in [1.165, 1.54) is 0 Å². The Morgan fingerprint density at radius 2 is 1.81 bits per heavy atom. The summed E-state index contributed by atoms with van der Waals surface area (Å²) in [5.74, 6) is 2.09. The van der Waals surface area contributed by atoms with Gasteiger partial charge in [-0.05, 0) is 54.5 Å². The van der Waals surface area contributed by atoms with Crippen molar-refractivity contribution < 1.29 is 9.47 Å². The van der Waals surface area contributed by atoms with E-state index in [-0.39, 0.29) is 0 Å². The Morgan fingerprint density at radius 1 is 0.969 bits per heavy atom. The third kappa shape index (κ3) is 5.30. The van der Waals surface area contributed by atoms with Gasteiger partial charge < -0.3 is 14.9 Å². The number of benzene rings is 3. The topological polar surface area (TPSA) is 64.1 Å². The summed E-state index contributed by atoms with van der Waals surface area (Å²) in [4.78, 5) is 0. The van der Waals surface area contributed by atoms with Crippen molar-refractivity contribution in [3.63, 3.8) is 0 Å². The highest BCUT2D eigenvalue weighted by Gasteiger charge is 2.10. The summed E-state index contributed by atoms with van der Waals surface area (Å²) in [7, 11) is 0. The number of halogens is 1. The largest absolute Gasteiger partial charge is 0.490 e. The number of aromatic nitrogens is 3. The van der Waals surface area contributed by atoms with Gasteiger partial charge in [0.25, 0.3) is 0 Å². The van der Waals surface area contributed by atoms with Gasteiger partial charge in [-0.3, -0.25) is 0 Å². The summed E-state index contributed by atoms with van der Waals surface area (Å²) < 4.78 is 14.1. The van der Waals surface area contributed by atoms with Crippen molar-refractivity contribution in [3.8, 4) is 22.9 Å². The number of hydrogen-bond donors (Lipinski definition) is 2. The van der Waals surface area contributed by atoms with Crippen molar-refractivity contribution >= 4 is 23.8 Å². The first-order valence-corrected chi connectivity index (χ1v) is 11.0. The van der Waals surface area contributed by atoms with Gasteiger partial charge in [0.1, 0.15) is 6.61 Å². The normalized spacial score (nSPS) is 10.7. The minimum absolute atomic E-state index is 0.406. The van der Waals surface area contributed by atoms with Gasteiger partial charge >= 0.3 is 0 Å². The van der Waals surface area contributed by atoms with Gasteiger partial charge in [-0.15, -0.1) is 0 Å². The molecule has 0 saturated carbocycles. The minimum Gasteiger partial charge on any atom is -0.490 e. The van der Waals surface area contributed by atoms with E-state index in [2.05, 4.69) is 15.6 Å². The molecule has 4 aromatic rings. The van der Waals surface area contributed by atoms with Crippen LogP contribution in [0.4, 0.5) is 0 Å². The number of nitrogens with zero attached hydrogens (tertiary/aromatic N) is 2. The molecule has 1 aromatic heterocycles. The second-order valence-corrected chi connectivity index (χ2v) is 7.84. The Morgan fingerprint density at radius 3 is 2.59 bits per heavy atom. The summed E-state index contributed by atoms with van der Waals surface area (Å²) in [5.41, 5.74) is 6.31. The first kappa shape index (κ1) is 21.9. The highest BCUT2D eigenvalue weighted by atomic mass is 35.5. The van der Waals surface area contributed by atoms with Crippen LogP contribution in [0.1, 0.15) is 18.1 Å². The number of aromatic amines is 1. The highest BCUT2D eigenvalue weighted by Crippen LogP contribution is 2.30. The van der Waals surface area contributed by atoms with Gasteiger partial charge in [-0.25, -0.2) is 9.77 Å². The number of H-pyrrole nitrogens is 1. The number of hydrogen-bond acceptors (Lipinski definition) is 5. The smallest absolute Gasteiger partial charge is 0.214 e. The Balaban J connectivity index is 1.49. The van der Waals surface area contributed by atoms with Crippen LogP contribution in [0.15, 0.2) is 72.8 Å². The molecule has 0 radical (unpaired) electrons. The summed E-state index contributed by atoms with van der Waals surface area (Å²) in [6, 6.07) is 23.4. The van der Waals surface area contributed by atoms with Gasteiger partial charge in [0.05, 0.1) is 13.2 Å². The molecule has 0 aliphatic carbocycles. The predicted molar refractivity (Wildman–Crippen MR) is 129 cm³/mol. The van der Waals surface area contributed by atoms with Crippen LogP contribution in [0, 0.1) is 4.77 Å². The Bertz CT molecular complexity index is 1240. The lowest BCUT2D eigenvalue weighted by Gasteiger charge is -2.15. The van der Waals surface area contributed by atoms with Gasteiger partial charge in [-0.1, -0.05) is 60.1 Å². The average Bonchev–Trinajstić information content (AvgIpc) is 3.18. The quantitative estimate of drug-likeness (QED) is 0.297.